The molecule has 3 rings (SSSR count). The molecule has 3 atom stereocenters. The summed E-state index contributed by atoms with van der Waals surface area (Å²) in [5.74, 6) is 1.21. The van der Waals surface area contributed by atoms with Crippen LogP contribution >= 0.6 is 0 Å². The number of likely N-dealkylation sites (tertiary alicyclic amines) is 1. The van der Waals surface area contributed by atoms with Crippen LogP contribution in [0, 0.1) is 11.8 Å². The van der Waals surface area contributed by atoms with E-state index < -0.39 is 5.60 Å². The molecule has 2 N–H and O–H groups in total. The molecule has 0 amide bonds. The van der Waals surface area contributed by atoms with E-state index in [0.717, 1.165) is 38.0 Å². The number of hydrogen-bond donors (Lipinski definition) is 2. The molecule has 0 bridgehead atoms. The Bertz CT molecular complexity index is 635. The lowest BCUT2D eigenvalue weighted by molar-refractivity contribution is 0.0749. The lowest BCUT2D eigenvalue weighted by Crippen LogP contribution is -2.31. The van der Waals surface area contributed by atoms with E-state index in [0.29, 0.717) is 23.8 Å². The van der Waals surface area contributed by atoms with Gasteiger partial charge in [0.15, 0.2) is 5.78 Å². The molecule has 24 heavy (non-hydrogen) atoms. The first-order valence-corrected chi connectivity index (χ1v) is 8.50. The number of hydrogen-bond acceptors (Lipinski definition) is 4. The number of phenolic OH excluding ortho intramolecular Hbond substituents is 1. The Balaban J connectivity index is 1.50. The number of nitrogens with zero attached hydrogens (tertiary/aromatic N) is 1. The second-order valence-corrected chi connectivity index (χ2v) is 7.17. The quantitative estimate of drug-likeness (QED) is 0.623. The van der Waals surface area contributed by atoms with Gasteiger partial charge in [0.25, 0.3) is 0 Å². The number of fused-ring (bicyclic) bond motifs is 1. The minimum Gasteiger partial charge on any atom is -0.508 e. The number of ketones is 1. The van der Waals surface area contributed by atoms with E-state index in [1.54, 1.807) is 30.3 Å². The van der Waals surface area contributed by atoms with E-state index in [-0.39, 0.29) is 11.5 Å². The number of Topliss-reactive ketones (excluding diaryl/α,β-unsaturated/α-hetero) is 1. The molecule has 128 valence electrons. The Labute approximate surface area is 143 Å². The third kappa shape index (κ3) is 3.30. The molecule has 1 aliphatic heterocycles. The zero-order valence-corrected chi connectivity index (χ0v) is 13.9. The molecule has 0 aromatic heterocycles. The molecule has 2 aliphatic rings. The van der Waals surface area contributed by atoms with Crippen molar-refractivity contribution < 1.29 is 15.0 Å². The van der Waals surface area contributed by atoms with Gasteiger partial charge in [0.05, 0.1) is 5.60 Å². The van der Waals surface area contributed by atoms with E-state index >= 15 is 0 Å². The van der Waals surface area contributed by atoms with Gasteiger partial charge in [0, 0.05) is 31.6 Å². The lowest BCUT2D eigenvalue weighted by Gasteiger charge is -2.26. The maximum absolute atomic E-state index is 12.2. The molecule has 2 fully saturated rings. The fourth-order valence-electron chi connectivity index (χ4n) is 4.14. The van der Waals surface area contributed by atoms with Crippen molar-refractivity contribution in [1.82, 2.24) is 4.90 Å². The van der Waals surface area contributed by atoms with Crippen LogP contribution in [-0.4, -0.2) is 46.1 Å². The van der Waals surface area contributed by atoms with Crippen molar-refractivity contribution in [1.29, 1.82) is 0 Å². The number of aliphatic hydroxyl groups is 1. The summed E-state index contributed by atoms with van der Waals surface area (Å²) in [5.41, 5.74) is 0.584. The van der Waals surface area contributed by atoms with Crippen LogP contribution in [0.25, 0.3) is 0 Å². The number of aromatic hydroxyl groups is 1. The predicted octanol–water partition coefficient (Wildman–Crippen LogP) is 2.78. The minimum absolute atomic E-state index is 0.101. The standard InChI is InChI=1S/C20H25NO3/c1-3-14(2)20(24)10-16-12-21(13-17(16)11-20)9-8-19(23)15-4-6-18(22)7-5-15/h3-7,16-17,22,24H,1-2,8-13H2/t16-,17+,20?. The van der Waals surface area contributed by atoms with E-state index in [1.165, 1.54) is 0 Å². The first-order chi connectivity index (χ1) is 11.4. The van der Waals surface area contributed by atoms with Gasteiger partial charge in [-0.3, -0.25) is 4.79 Å². The van der Waals surface area contributed by atoms with Crippen LogP contribution in [0.15, 0.2) is 49.1 Å². The second kappa shape index (κ2) is 6.54. The smallest absolute Gasteiger partial charge is 0.164 e. The summed E-state index contributed by atoms with van der Waals surface area (Å²) in [5, 5.41) is 20.0. The highest BCUT2D eigenvalue weighted by Gasteiger charge is 2.48. The molecule has 1 saturated heterocycles. The van der Waals surface area contributed by atoms with E-state index in [9.17, 15) is 15.0 Å². The number of benzene rings is 1. The van der Waals surface area contributed by atoms with Gasteiger partial charge >= 0.3 is 0 Å². The van der Waals surface area contributed by atoms with Crippen molar-refractivity contribution in [2.75, 3.05) is 19.6 Å². The maximum atomic E-state index is 12.2. The third-order valence-corrected chi connectivity index (χ3v) is 5.54. The highest BCUT2D eigenvalue weighted by Crippen LogP contribution is 2.46. The third-order valence-electron chi connectivity index (χ3n) is 5.54. The van der Waals surface area contributed by atoms with E-state index in [2.05, 4.69) is 18.1 Å². The van der Waals surface area contributed by atoms with Gasteiger partial charge < -0.3 is 15.1 Å². The number of carbonyl (C=O) groups excluding carboxylic acids is 1. The average molecular weight is 327 g/mol. The molecule has 4 nitrogen and oxygen atoms in total. The minimum atomic E-state index is -0.787. The summed E-state index contributed by atoms with van der Waals surface area (Å²) in [6.45, 7) is 10.3. The number of carbonyl (C=O) groups is 1. The topological polar surface area (TPSA) is 60.8 Å². The maximum Gasteiger partial charge on any atom is 0.164 e. The molecular formula is C20H25NO3. The number of rotatable bonds is 6. The highest BCUT2D eigenvalue weighted by atomic mass is 16.3. The largest absolute Gasteiger partial charge is 0.508 e. The van der Waals surface area contributed by atoms with Crippen LogP contribution in [0.2, 0.25) is 0 Å². The first-order valence-electron chi connectivity index (χ1n) is 8.50. The lowest BCUT2D eigenvalue weighted by atomic mass is 9.91. The molecule has 1 unspecified atom stereocenters. The Kier molecular flexibility index (Phi) is 4.61. The van der Waals surface area contributed by atoms with Gasteiger partial charge in [0.1, 0.15) is 5.75 Å². The van der Waals surface area contributed by atoms with Gasteiger partial charge in [-0.1, -0.05) is 19.2 Å². The van der Waals surface area contributed by atoms with Crippen LogP contribution < -0.4 is 0 Å². The van der Waals surface area contributed by atoms with Crippen molar-refractivity contribution in [3.05, 3.63) is 54.6 Å². The summed E-state index contributed by atoms with van der Waals surface area (Å²) in [6.07, 6.45) is 3.62. The van der Waals surface area contributed by atoms with Crippen LogP contribution in [-0.2, 0) is 0 Å². The predicted molar refractivity (Wildman–Crippen MR) is 94.0 cm³/mol. The van der Waals surface area contributed by atoms with Gasteiger partial charge in [-0.25, -0.2) is 0 Å². The molecule has 1 heterocycles. The van der Waals surface area contributed by atoms with Crippen molar-refractivity contribution in [2.45, 2.75) is 24.9 Å². The first kappa shape index (κ1) is 16.9. The summed E-state index contributed by atoms with van der Waals surface area (Å²) in [6, 6.07) is 6.41. The fraction of sp³-hybridized carbons (Fsp3) is 0.450. The molecule has 0 spiro atoms. The summed E-state index contributed by atoms with van der Waals surface area (Å²) in [7, 11) is 0. The van der Waals surface area contributed by atoms with Gasteiger partial charge in [-0.05, 0) is 54.5 Å². The number of phenols is 1. The van der Waals surface area contributed by atoms with Crippen molar-refractivity contribution in [3.63, 3.8) is 0 Å². The van der Waals surface area contributed by atoms with Crippen LogP contribution in [0.4, 0.5) is 0 Å². The second-order valence-electron chi connectivity index (χ2n) is 7.17. The monoisotopic (exact) mass is 327 g/mol. The molecule has 1 aromatic rings. The van der Waals surface area contributed by atoms with Crippen molar-refractivity contribution in [2.24, 2.45) is 11.8 Å². The van der Waals surface area contributed by atoms with Gasteiger partial charge in [-0.2, -0.15) is 0 Å². The Morgan fingerprint density at radius 3 is 2.38 bits per heavy atom. The zero-order chi connectivity index (χ0) is 17.3. The SMILES string of the molecule is C=CC(=C)C1(O)C[C@H]2CN(CCC(=O)c3ccc(O)cc3)C[C@H]2C1. The Morgan fingerprint density at radius 2 is 1.83 bits per heavy atom. The van der Waals surface area contributed by atoms with E-state index in [1.807, 2.05) is 0 Å². The summed E-state index contributed by atoms with van der Waals surface area (Å²) < 4.78 is 0. The molecule has 4 heteroatoms. The summed E-state index contributed by atoms with van der Waals surface area (Å²) >= 11 is 0. The van der Waals surface area contributed by atoms with Crippen molar-refractivity contribution in [3.8, 4) is 5.75 Å². The van der Waals surface area contributed by atoms with Gasteiger partial charge in [-0.15, -0.1) is 0 Å². The average Bonchev–Trinajstić information content (AvgIpc) is 3.07. The summed E-state index contributed by atoms with van der Waals surface area (Å²) in [4.78, 5) is 14.5. The van der Waals surface area contributed by atoms with Crippen molar-refractivity contribution >= 4 is 5.78 Å². The molecular weight excluding hydrogens is 302 g/mol. The molecule has 1 aliphatic carbocycles. The zero-order valence-electron chi connectivity index (χ0n) is 13.9. The van der Waals surface area contributed by atoms with Crippen LogP contribution in [0.1, 0.15) is 29.6 Å². The fourth-order valence-corrected chi connectivity index (χ4v) is 4.14. The highest BCUT2D eigenvalue weighted by molar-refractivity contribution is 5.96. The van der Waals surface area contributed by atoms with E-state index in [4.69, 9.17) is 0 Å². The Morgan fingerprint density at radius 1 is 1.25 bits per heavy atom. The molecule has 0 radical (unpaired) electrons. The van der Waals surface area contributed by atoms with Crippen LogP contribution in [0.5, 0.6) is 5.75 Å². The van der Waals surface area contributed by atoms with Gasteiger partial charge in [0.2, 0.25) is 0 Å². The Hall–Kier alpha value is -1.91. The molecule has 1 saturated carbocycles. The normalized spacial score (nSPS) is 29.4. The van der Waals surface area contributed by atoms with Crippen LogP contribution in [0.3, 0.4) is 0 Å². The molecule has 1 aromatic carbocycles.